The first-order valence-corrected chi connectivity index (χ1v) is 17.3. The number of nitrogens with one attached hydrogen (secondary N) is 1. The van der Waals surface area contributed by atoms with Crippen LogP contribution in [0, 0.1) is 13.8 Å². The van der Waals surface area contributed by atoms with Crippen LogP contribution in [0.15, 0.2) is 106 Å². The van der Waals surface area contributed by atoms with Crippen molar-refractivity contribution in [3.8, 4) is 5.69 Å². The van der Waals surface area contributed by atoms with Gasteiger partial charge in [0.1, 0.15) is 11.6 Å². The first-order valence-electron chi connectivity index (χ1n) is 16.3. The van der Waals surface area contributed by atoms with Crippen molar-refractivity contribution in [2.24, 2.45) is 0 Å². The number of aryl methyl sites for hydroxylation is 2. The largest absolute Gasteiger partial charge is 0.383 e. The predicted molar refractivity (Wildman–Crippen MR) is 197 cm³/mol. The van der Waals surface area contributed by atoms with Gasteiger partial charge in [-0.15, -0.1) is 10.2 Å². The van der Waals surface area contributed by atoms with E-state index in [0.29, 0.717) is 18.0 Å². The molecule has 1 amide bonds. The molecule has 0 aliphatic heterocycles. The van der Waals surface area contributed by atoms with E-state index in [9.17, 15) is 14.4 Å². The fourth-order valence-corrected chi connectivity index (χ4v) is 6.91. The van der Waals surface area contributed by atoms with Gasteiger partial charge in [-0.25, -0.2) is 4.79 Å². The molecule has 3 N–H and O–H groups in total. The molecule has 0 atom stereocenters. The van der Waals surface area contributed by atoms with Crippen LogP contribution in [0.25, 0.3) is 16.5 Å². The molecular weight excluding hydrogens is 635 g/mol. The number of hydrogen-bond donors (Lipinski definition) is 2. The quantitative estimate of drug-likeness (QED) is 0.152. The summed E-state index contributed by atoms with van der Waals surface area (Å²) in [5.74, 6) is 0.335. The van der Waals surface area contributed by atoms with Crippen LogP contribution >= 0.6 is 11.8 Å². The number of aromatic nitrogens is 5. The van der Waals surface area contributed by atoms with E-state index in [4.69, 9.17) is 5.73 Å². The van der Waals surface area contributed by atoms with Crippen molar-refractivity contribution in [2.75, 3.05) is 22.9 Å². The summed E-state index contributed by atoms with van der Waals surface area (Å²) in [7, 11) is 0. The van der Waals surface area contributed by atoms with Crippen LogP contribution in [0.4, 0.5) is 11.5 Å². The number of fused-ring (bicyclic) bond motifs is 1. The zero-order chi connectivity index (χ0) is 34.5. The topological polar surface area (TPSA) is 132 Å². The van der Waals surface area contributed by atoms with Crippen LogP contribution in [0.3, 0.4) is 0 Å². The molecule has 0 aliphatic carbocycles. The van der Waals surface area contributed by atoms with Gasteiger partial charge >= 0.3 is 5.69 Å². The summed E-state index contributed by atoms with van der Waals surface area (Å²) in [5, 5.41) is 12.1. The van der Waals surface area contributed by atoms with Gasteiger partial charge in [0.2, 0.25) is 5.91 Å². The number of nitrogens with two attached hydrogens (primary N) is 1. The van der Waals surface area contributed by atoms with Crippen LogP contribution in [0.2, 0.25) is 0 Å². The van der Waals surface area contributed by atoms with Gasteiger partial charge in [0.05, 0.1) is 18.0 Å². The zero-order valence-corrected chi connectivity index (χ0v) is 28.7. The number of nitrogen functional groups attached to an aromatic ring is 1. The first-order chi connectivity index (χ1) is 23.7. The second-order valence-corrected chi connectivity index (χ2v) is 13.0. The molecule has 0 bridgehead atoms. The molecule has 0 spiro atoms. The smallest absolute Gasteiger partial charge is 0.330 e. The number of carbonyl (C=O) groups is 1. The Hall–Kier alpha value is -5.42. The molecule has 0 saturated heterocycles. The molecule has 0 saturated carbocycles. The van der Waals surface area contributed by atoms with Gasteiger partial charge in [0, 0.05) is 13.0 Å². The SMILES string of the molecule is CCCCN(C(=O)CSc1nnc(Cc2cccc3ccccc23)n1-c1ccc(C)cc1C)c1c(N)n(Cc2ccccc2)c(=O)[nH]c1=O. The molecule has 10 nitrogen and oxygen atoms in total. The average molecular weight is 674 g/mol. The van der Waals surface area contributed by atoms with Gasteiger partial charge in [-0.1, -0.05) is 116 Å². The van der Waals surface area contributed by atoms with Crippen LogP contribution in [0.5, 0.6) is 0 Å². The van der Waals surface area contributed by atoms with Crippen molar-refractivity contribution in [3.05, 3.63) is 140 Å². The molecule has 0 aliphatic rings. The molecular formula is C38H39N7O3S. The molecule has 49 heavy (non-hydrogen) atoms. The fourth-order valence-electron chi connectivity index (χ4n) is 6.07. The number of H-pyrrole nitrogens is 1. The molecule has 6 aromatic rings. The number of rotatable bonds is 12. The minimum absolute atomic E-state index is 0.0259. The lowest BCUT2D eigenvalue weighted by Crippen LogP contribution is -2.42. The Morgan fingerprint density at radius 3 is 2.47 bits per heavy atom. The number of thioether (sulfide) groups is 1. The van der Waals surface area contributed by atoms with Crippen molar-refractivity contribution >= 4 is 39.9 Å². The third-order valence-electron chi connectivity index (χ3n) is 8.55. The Balaban J connectivity index is 1.34. The lowest BCUT2D eigenvalue weighted by molar-refractivity contribution is -0.116. The highest BCUT2D eigenvalue weighted by Crippen LogP contribution is 2.29. The minimum atomic E-state index is -0.697. The second kappa shape index (κ2) is 14.8. The fraction of sp³-hybridized carbons (Fsp3) is 0.237. The summed E-state index contributed by atoms with van der Waals surface area (Å²) in [4.78, 5) is 43.9. The number of amides is 1. The molecule has 11 heteroatoms. The standard InChI is InChI=1S/C38H39N7O3S/c1-4-5-20-43(34-35(39)44(37(48)40-36(34)47)23-27-12-7-6-8-13-27)33(46)24-49-38-42-41-32(45(38)31-19-18-25(2)21-26(31)3)22-29-16-11-15-28-14-9-10-17-30(28)29/h6-19,21H,4-5,20,22-24,39H2,1-3H3,(H,40,47,48). The van der Waals surface area contributed by atoms with Gasteiger partial charge in [0.25, 0.3) is 5.56 Å². The van der Waals surface area contributed by atoms with Crippen molar-refractivity contribution in [2.45, 2.75) is 51.7 Å². The maximum atomic E-state index is 14.0. The Bertz CT molecular complexity index is 2240. The number of hydrogen-bond acceptors (Lipinski definition) is 7. The van der Waals surface area contributed by atoms with E-state index in [0.717, 1.165) is 51.0 Å². The van der Waals surface area contributed by atoms with E-state index in [2.05, 4.69) is 71.5 Å². The van der Waals surface area contributed by atoms with E-state index in [-0.39, 0.29) is 36.3 Å². The van der Waals surface area contributed by atoms with Gasteiger partial charge in [-0.2, -0.15) is 0 Å². The third kappa shape index (κ3) is 7.22. The van der Waals surface area contributed by atoms with E-state index in [1.165, 1.54) is 21.2 Å². The Morgan fingerprint density at radius 2 is 1.69 bits per heavy atom. The molecule has 0 radical (unpaired) electrons. The minimum Gasteiger partial charge on any atom is -0.383 e. The highest BCUT2D eigenvalue weighted by molar-refractivity contribution is 7.99. The number of unbranched alkanes of at least 4 members (excludes halogenated alkanes) is 1. The summed E-state index contributed by atoms with van der Waals surface area (Å²) in [6.07, 6.45) is 1.96. The predicted octanol–water partition coefficient (Wildman–Crippen LogP) is 6.03. The molecule has 2 heterocycles. The summed E-state index contributed by atoms with van der Waals surface area (Å²) >= 11 is 1.25. The normalized spacial score (nSPS) is 11.2. The molecule has 250 valence electrons. The van der Waals surface area contributed by atoms with E-state index in [1.807, 2.05) is 60.0 Å². The molecule has 0 unspecified atom stereocenters. The van der Waals surface area contributed by atoms with Crippen molar-refractivity contribution < 1.29 is 4.79 Å². The van der Waals surface area contributed by atoms with E-state index in [1.54, 1.807) is 0 Å². The van der Waals surface area contributed by atoms with Gasteiger partial charge in [-0.3, -0.25) is 23.7 Å². The Labute approximate surface area is 288 Å². The number of carbonyl (C=O) groups excluding carboxylic acids is 1. The number of aromatic amines is 1. The lowest BCUT2D eigenvalue weighted by atomic mass is 10.0. The number of anilines is 2. The summed E-state index contributed by atoms with van der Waals surface area (Å²) in [5.41, 5.74) is 10.2. The van der Waals surface area contributed by atoms with Crippen LogP contribution in [-0.4, -0.2) is 42.5 Å². The highest BCUT2D eigenvalue weighted by Gasteiger charge is 2.26. The highest BCUT2D eigenvalue weighted by atomic mass is 32.2. The number of benzene rings is 4. The molecule has 6 rings (SSSR count). The zero-order valence-electron chi connectivity index (χ0n) is 27.8. The summed E-state index contributed by atoms with van der Waals surface area (Å²) < 4.78 is 3.31. The first kappa shape index (κ1) is 33.5. The molecule has 2 aromatic heterocycles. The van der Waals surface area contributed by atoms with Crippen LogP contribution < -0.4 is 21.9 Å². The second-order valence-electron chi connectivity index (χ2n) is 12.1. The monoisotopic (exact) mass is 673 g/mol. The Morgan fingerprint density at radius 1 is 0.939 bits per heavy atom. The van der Waals surface area contributed by atoms with Gasteiger partial charge in [0.15, 0.2) is 10.8 Å². The van der Waals surface area contributed by atoms with Gasteiger partial charge in [-0.05, 0) is 53.8 Å². The summed E-state index contributed by atoms with van der Waals surface area (Å²) in [6, 6.07) is 30.1. The third-order valence-corrected chi connectivity index (χ3v) is 9.46. The van der Waals surface area contributed by atoms with Crippen LogP contribution in [-0.2, 0) is 17.8 Å². The van der Waals surface area contributed by atoms with E-state index >= 15 is 0 Å². The van der Waals surface area contributed by atoms with Gasteiger partial charge < -0.3 is 10.6 Å². The van der Waals surface area contributed by atoms with Crippen molar-refractivity contribution in [3.63, 3.8) is 0 Å². The summed E-state index contributed by atoms with van der Waals surface area (Å²) in [6.45, 7) is 6.53. The Kier molecular flexibility index (Phi) is 10.1. The maximum Gasteiger partial charge on any atom is 0.330 e. The van der Waals surface area contributed by atoms with Crippen molar-refractivity contribution in [1.29, 1.82) is 0 Å². The van der Waals surface area contributed by atoms with Crippen molar-refractivity contribution in [1.82, 2.24) is 24.3 Å². The molecule has 4 aromatic carbocycles. The number of nitrogens with zero attached hydrogens (tertiary/aromatic N) is 5. The maximum absolute atomic E-state index is 14.0. The van der Waals surface area contributed by atoms with E-state index < -0.39 is 11.2 Å². The van der Waals surface area contributed by atoms with Crippen LogP contribution in [0.1, 0.15) is 47.8 Å². The lowest BCUT2D eigenvalue weighted by Gasteiger charge is -2.24. The average Bonchev–Trinajstić information content (AvgIpc) is 3.49. The molecule has 0 fully saturated rings.